The SMILES string of the molecule is C=C(/C=C/C)CC(O)c1ccccc1. The summed E-state index contributed by atoms with van der Waals surface area (Å²) in [5.41, 5.74) is 1.89. The van der Waals surface area contributed by atoms with Crippen molar-refractivity contribution in [2.75, 3.05) is 0 Å². The standard InChI is InChI=1S/C13H16O/c1-3-7-11(2)10-13(14)12-8-5-4-6-9-12/h3-9,13-14H,2,10H2,1H3/b7-3+. The van der Waals surface area contributed by atoms with E-state index < -0.39 is 6.10 Å². The van der Waals surface area contributed by atoms with Crippen LogP contribution in [0.1, 0.15) is 25.0 Å². The fraction of sp³-hybridized carbons (Fsp3) is 0.231. The van der Waals surface area contributed by atoms with Crippen molar-refractivity contribution in [1.29, 1.82) is 0 Å². The summed E-state index contributed by atoms with van der Waals surface area (Å²) in [4.78, 5) is 0. The first-order valence-corrected chi connectivity index (χ1v) is 4.77. The molecule has 0 radical (unpaired) electrons. The third-order valence-electron chi connectivity index (χ3n) is 2.04. The maximum absolute atomic E-state index is 9.82. The zero-order chi connectivity index (χ0) is 10.4. The highest BCUT2D eigenvalue weighted by molar-refractivity contribution is 5.22. The van der Waals surface area contributed by atoms with Gasteiger partial charge in [0, 0.05) is 6.42 Å². The number of benzene rings is 1. The normalized spacial score (nSPS) is 13.0. The largest absolute Gasteiger partial charge is 0.388 e. The third kappa shape index (κ3) is 3.19. The second kappa shape index (κ2) is 5.40. The molecule has 1 unspecified atom stereocenters. The number of hydrogen-bond acceptors (Lipinski definition) is 1. The van der Waals surface area contributed by atoms with Crippen molar-refractivity contribution >= 4 is 0 Å². The lowest BCUT2D eigenvalue weighted by molar-refractivity contribution is 0.179. The Morgan fingerprint density at radius 2 is 2.07 bits per heavy atom. The Morgan fingerprint density at radius 1 is 1.43 bits per heavy atom. The van der Waals surface area contributed by atoms with Crippen LogP contribution in [0.15, 0.2) is 54.6 Å². The molecule has 0 aliphatic carbocycles. The number of aliphatic hydroxyl groups is 1. The number of allylic oxidation sites excluding steroid dienone is 2. The van der Waals surface area contributed by atoms with Crippen molar-refractivity contribution in [1.82, 2.24) is 0 Å². The summed E-state index contributed by atoms with van der Waals surface area (Å²) in [6.45, 7) is 5.81. The van der Waals surface area contributed by atoms with Gasteiger partial charge in [0.1, 0.15) is 0 Å². The molecule has 1 aromatic carbocycles. The molecular weight excluding hydrogens is 172 g/mol. The summed E-state index contributed by atoms with van der Waals surface area (Å²) in [6, 6.07) is 9.64. The Kier molecular flexibility index (Phi) is 4.14. The van der Waals surface area contributed by atoms with Crippen molar-refractivity contribution in [3.63, 3.8) is 0 Å². The zero-order valence-electron chi connectivity index (χ0n) is 8.48. The first-order valence-electron chi connectivity index (χ1n) is 4.77. The summed E-state index contributed by atoms with van der Waals surface area (Å²) < 4.78 is 0. The van der Waals surface area contributed by atoms with Crippen LogP contribution in [0.2, 0.25) is 0 Å². The molecule has 0 fully saturated rings. The lowest BCUT2D eigenvalue weighted by Crippen LogP contribution is -1.97. The van der Waals surface area contributed by atoms with E-state index in [-0.39, 0.29) is 0 Å². The van der Waals surface area contributed by atoms with Gasteiger partial charge in [0.15, 0.2) is 0 Å². The average Bonchev–Trinajstić information content (AvgIpc) is 2.19. The molecule has 0 saturated heterocycles. The molecule has 0 heterocycles. The minimum absolute atomic E-state index is 0.445. The Hall–Kier alpha value is -1.34. The Labute approximate surface area is 85.4 Å². The van der Waals surface area contributed by atoms with Crippen LogP contribution < -0.4 is 0 Å². The van der Waals surface area contributed by atoms with Crippen molar-refractivity contribution in [3.8, 4) is 0 Å². The zero-order valence-corrected chi connectivity index (χ0v) is 8.48. The summed E-state index contributed by atoms with van der Waals surface area (Å²) in [6.07, 6.45) is 4.00. The molecule has 0 spiro atoms. The van der Waals surface area contributed by atoms with Gasteiger partial charge in [-0.25, -0.2) is 0 Å². The van der Waals surface area contributed by atoms with Gasteiger partial charge < -0.3 is 5.11 Å². The van der Waals surface area contributed by atoms with Gasteiger partial charge in [0.25, 0.3) is 0 Å². The highest BCUT2D eigenvalue weighted by Gasteiger charge is 2.06. The molecule has 1 atom stereocenters. The van der Waals surface area contributed by atoms with Crippen molar-refractivity contribution in [3.05, 3.63) is 60.2 Å². The van der Waals surface area contributed by atoms with E-state index >= 15 is 0 Å². The number of rotatable bonds is 4. The van der Waals surface area contributed by atoms with Gasteiger partial charge in [0.05, 0.1) is 6.10 Å². The van der Waals surface area contributed by atoms with E-state index in [1.165, 1.54) is 0 Å². The first-order chi connectivity index (χ1) is 6.74. The van der Waals surface area contributed by atoms with Crippen LogP contribution in [-0.4, -0.2) is 5.11 Å². The van der Waals surface area contributed by atoms with Crippen LogP contribution in [0, 0.1) is 0 Å². The molecule has 0 bridgehead atoms. The Bertz CT molecular complexity index is 311. The predicted molar refractivity (Wildman–Crippen MR) is 60.0 cm³/mol. The molecule has 74 valence electrons. The monoisotopic (exact) mass is 188 g/mol. The van der Waals surface area contributed by atoms with Gasteiger partial charge in [-0.15, -0.1) is 0 Å². The second-order valence-electron chi connectivity index (χ2n) is 3.29. The van der Waals surface area contributed by atoms with Gasteiger partial charge in [-0.05, 0) is 12.5 Å². The minimum Gasteiger partial charge on any atom is -0.388 e. The van der Waals surface area contributed by atoms with Gasteiger partial charge in [0.2, 0.25) is 0 Å². The van der Waals surface area contributed by atoms with Crippen LogP contribution in [0.3, 0.4) is 0 Å². The van der Waals surface area contributed by atoms with E-state index in [1.807, 2.05) is 49.4 Å². The van der Waals surface area contributed by atoms with Crippen LogP contribution in [0.4, 0.5) is 0 Å². The topological polar surface area (TPSA) is 20.2 Å². The fourth-order valence-electron chi connectivity index (χ4n) is 1.35. The smallest absolute Gasteiger partial charge is 0.0830 e. The summed E-state index contributed by atoms with van der Waals surface area (Å²) >= 11 is 0. The third-order valence-corrected chi connectivity index (χ3v) is 2.04. The Morgan fingerprint density at radius 3 is 2.64 bits per heavy atom. The highest BCUT2D eigenvalue weighted by atomic mass is 16.3. The van der Waals surface area contributed by atoms with Gasteiger partial charge in [-0.3, -0.25) is 0 Å². The lowest BCUT2D eigenvalue weighted by atomic mass is 10.0. The molecular formula is C13H16O. The molecule has 1 aromatic rings. The van der Waals surface area contributed by atoms with E-state index in [4.69, 9.17) is 0 Å². The van der Waals surface area contributed by atoms with E-state index in [1.54, 1.807) is 0 Å². The maximum atomic E-state index is 9.82. The molecule has 0 saturated carbocycles. The van der Waals surface area contributed by atoms with Crippen molar-refractivity contribution < 1.29 is 5.11 Å². The fourth-order valence-corrected chi connectivity index (χ4v) is 1.35. The quantitative estimate of drug-likeness (QED) is 0.719. The second-order valence-corrected chi connectivity index (χ2v) is 3.29. The van der Waals surface area contributed by atoms with E-state index in [9.17, 15) is 5.11 Å². The predicted octanol–water partition coefficient (Wildman–Crippen LogP) is 3.24. The van der Waals surface area contributed by atoms with Crippen LogP contribution in [0.25, 0.3) is 0 Å². The Balaban J connectivity index is 2.59. The molecule has 1 heteroatoms. The van der Waals surface area contributed by atoms with Crippen molar-refractivity contribution in [2.24, 2.45) is 0 Å². The molecule has 1 N–H and O–H groups in total. The van der Waals surface area contributed by atoms with Crippen LogP contribution in [0.5, 0.6) is 0 Å². The van der Waals surface area contributed by atoms with E-state index in [0.717, 1.165) is 11.1 Å². The molecule has 1 rings (SSSR count). The van der Waals surface area contributed by atoms with Gasteiger partial charge >= 0.3 is 0 Å². The molecule has 0 aliphatic heterocycles. The van der Waals surface area contributed by atoms with Crippen LogP contribution in [-0.2, 0) is 0 Å². The molecule has 0 amide bonds. The summed E-state index contributed by atoms with van der Waals surface area (Å²) in [5, 5.41) is 9.82. The minimum atomic E-state index is -0.445. The highest BCUT2D eigenvalue weighted by Crippen LogP contribution is 2.20. The van der Waals surface area contributed by atoms with Gasteiger partial charge in [-0.2, -0.15) is 0 Å². The molecule has 1 nitrogen and oxygen atoms in total. The van der Waals surface area contributed by atoms with Crippen molar-refractivity contribution in [2.45, 2.75) is 19.4 Å². The van der Waals surface area contributed by atoms with Gasteiger partial charge in [-0.1, -0.05) is 54.6 Å². The van der Waals surface area contributed by atoms with E-state index in [2.05, 4.69) is 6.58 Å². The summed E-state index contributed by atoms with van der Waals surface area (Å²) in [5.74, 6) is 0. The van der Waals surface area contributed by atoms with Crippen LogP contribution >= 0.6 is 0 Å². The number of hydrogen-bond donors (Lipinski definition) is 1. The molecule has 14 heavy (non-hydrogen) atoms. The molecule has 0 aliphatic rings. The number of aliphatic hydroxyl groups excluding tert-OH is 1. The van der Waals surface area contributed by atoms with E-state index in [0.29, 0.717) is 6.42 Å². The average molecular weight is 188 g/mol. The first kappa shape index (κ1) is 10.7. The molecule has 0 aromatic heterocycles. The lowest BCUT2D eigenvalue weighted by Gasteiger charge is -2.10. The summed E-state index contributed by atoms with van der Waals surface area (Å²) in [7, 11) is 0. The maximum Gasteiger partial charge on any atom is 0.0830 e.